The third-order valence-electron chi connectivity index (χ3n) is 2.83. The third kappa shape index (κ3) is 4.62. The lowest BCUT2D eigenvalue weighted by molar-refractivity contribution is -0.955. The van der Waals surface area contributed by atoms with Crippen LogP contribution in [0.4, 0.5) is 0 Å². The number of carboxylic acid groups (broad SMARTS) is 1. The largest absolute Gasteiger partial charge is 0.634 e. The van der Waals surface area contributed by atoms with E-state index >= 15 is 0 Å². The number of rotatable bonds is 0. The monoisotopic (exact) mass is 217 g/mol. The van der Waals surface area contributed by atoms with Crippen molar-refractivity contribution < 1.29 is 15.0 Å². The Labute approximate surface area is 91.9 Å². The minimum Gasteiger partial charge on any atom is -0.634 e. The number of quaternary nitrogens is 1. The van der Waals surface area contributed by atoms with Crippen LogP contribution in [0.1, 0.15) is 53.9 Å². The summed E-state index contributed by atoms with van der Waals surface area (Å²) in [7, 11) is 0. The molecular formula is C11H23NO3. The van der Waals surface area contributed by atoms with E-state index in [4.69, 9.17) is 9.90 Å². The Morgan fingerprint density at radius 1 is 1.20 bits per heavy atom. The summed E-state index contributed by atoms with van der Waals surface area (Å²) in [4.78, 5) is 9.00. The summed E-state index contributed by atoms with van der Waals surface area (Å²) >= 11 is 0. The van der Waals surface area contributed by atoms with E-state index < -0.39 is 5.97 Å². The first kappa shape index (κ1) is 14.4. The van der Waals surface area contributed by atoms with Gasteiger partial charge >= 0.3 is 0 Å². The quantitative estimate of drug-likeness (QED) is 0.599. The highest BCUT2D eigenvalue weighted by atomic mass is 16.5. The summed E-state index contributed by atoms with van der Waals surface area (Å²) in [5.41, 5.74) is -0.135. The number of hydrogen-bond acceptors (Lipinski definition) is 2. The Morgan fingerprint density at radius 3 is 1.67 bits per heavy atom. The topological polar surface area (TPSA) is 64.8 Å². The average molecular weight is 217 g/mol. The van der Waals surface area contributed by atoms with Gasteiger partial charge in [-0.15, -0.1) is 0 Å². The number of carboxylic acids is 1. The van der Waals surface area contributed by atoms with Crippen LogP contribution in [-0.2, 0) is 4.79 Å². The lowest BCUT2D eigenvalue weighted by atomic mass is 9.82. The second-order valence-corrected chi connectivity index (χ2v) is 5.47. The van der Waals surface area contributed by atoms with Crippen molar-refractivity contribution in [1.82, 2.24) is 0 Å². The van der Waals surface area contributed by atoms with Crippen molar-refractivity contribution in [2.75, 3.05) is 0 Å². The van der Waals surface area contributed by atoms with Gasteiger partial charge in [0, 0.05) is 19.8 Å². The van der Waals surface area contributed by atoms with E-state index in [2.05, 4.69) is 27.7 Å². The molecule has 0 amide bonds. The number of aliphatic carboxylic acids is 1. The molecule has 4 heteroatoms. The van der Waals surface area contributed by atoms with Crippen LogP contribution in [0.2, 0.25) is 0 Å². The molecule has 0 aromatic rings. The van der Waals surface area contributed by atoms with Gasteiger partial charge in [0.15, 0.2) is 0 Å². The number of nitrogens with one attached hydrogen (secondary N) is 1. The van der Waals surface area contributed by atoms with Crippen molar-refractivity contribution in [3.05, 3.63) is 5.21 Å². The summed E-state index contributed by atoms with van der Waals surface area (Å²) < 4.78 is 0. The van der Waals surface area contributed by atoms with Gasteiger partial charge in [-0.2, -0.15) is 0 Å². The molecule has 15 heavy (non-hydrogen) atoms. The van der Waals surface area contributed by atoms with Crippen LogP contribution in [-0.4, -0.2) is 22.2 Å². The maximum absolute atomic E-state index is 11.8. The van der Waals surface area contributed by atoms with E-state index in [-0.39, 0.29) is 11.1 Å². The molecule has 90 valence electrons. The SMILES string of the molecule is CC(=O)O.CC1(C)CCCC(C)(C)[NH+]1[O-]. The Bertz CT molecular complexity index is 204. The van der Waals surface area contributed by atoms with Crippen LogP contribution in [0.5, 0.6) is 0 Å². The first-order valence-electron chi connectivity index (χ1n) is 5.34. The fourth-order valence-electron chi connectivity index (χ4n) is 2.12. The number of carbonyl (C=O) groups is 1. The molecule has 1 aliphatic rings. The number of hydroxylamine groups is 2. The van der Waals surface area contributed by atoms with Crippen LogP contribution < -0.4 is 5.06 Å². The zero-order chi connectivity index (χ0) is 12.3. The maximum Gasteiger partial charge on any atom is 0.300 e. The predicted molar refractivity (Wildman–Crippen MR) is 59.6 cm³/mol. The number of piperidine rings is 1. The summed E-state index contributed by atoms with van der Waals surface area (Å²) in [6.45, 7) is 9.35. The molecule has 0 atom stereocenters. The molecule has 0 aromatic carbocycles. The molecule has 1 heterocycles. The van der Waals surface area contributed by atoms with Gasteiger partial charge in [0.1, 0.15) is 0 Å². The summed E-state index contributed by atoms with van der Waals surface area (Å²) in [6, 6.07) is 0. The van der Waals surface area contributed by atoms with E-state index in [1.807, 2.05) is 0 Å². The fourth-order valence-corrected chi connectivity index (χ4v) is 2.12. The second kappa shape index (κ2) is 4.94. The van der Waals surface area contributed by atoms with E-state index in [0.717, 1.165) is 19.8 Å². The van der Waals surface area contributed by atoms with Gasteiger partial charge in [0.25, 0.3) is 5.97 Å². The van der Waals surface area contributed by atoms with Crippen LogP contribution in [0.15, 0.2) is 0 Å². The first-order valence-corrected chi connectivity index (χ1v) is 5.34. The Balaban J connectivity index is 0.000000423. The Morgan fingerprint density at radius 2 is 1.47 bits per heavy atom. The molecule has 0 aromatic heterocycles. The minimum absolute atomic E-state index is 0.0677. The molecule has 1 fully saturated rings. The van der Waals surface area contributed by atoms with Gasteiger partial charge in [-0.25, -0.2) is 0 Å². The van der Waals surface area contributed by atoms with Crippen molar-refractivity contribution in [2.24, 2.45) is 0 Å². The molecule has 0 spiro atoms. The fraction of sp³-hybridized carbons (Fsp3) is 0.909. The van der Waals surface area contributed by atoms with Crippen LogP contribution in [0.25, 0.3) is 0 Å². The highest BCUT2D eigenvalue weighted by Crippen LogP contribution is 2.22. The van der Waals surface area contributed by atoms with Gasteiger partial charge in [-0.3, -0.25) is 4.79 Å². The van der Waals surface area contributed by atoms with Crippen molar-refractivity contribution in [3.63, 3.8) is 0 Å². The predicted octanol–water partition coefficient (Wildman–Crippen LogP) is 1.20. The lowest BCUT2D eigenvalue weighted by Crippen LogP contribution is -3.22. The van der Waals surface area contributed by atoms with Crippen LogP contribution in [0.3, 0.4) is 0 Å². The number of hydrogen-bond donors (Lipinski definition) is 2. The third-order valence-corrected chi connectivity index (χ3v) is 2.83. The first-order chi connectivity index (χ1) is 6.59. The molecule has 1 saturated heterocycles. The molecule has 0 aliphatic carbocycles. The molecule has 1 rings (SSSR count). The zero-order valence-corrected chi connectivity index (χ0v) is 10.4. The van der Waals surface area contributed by atoms with E-state index in [9.17, 15) is 5.21 Å². The molecular weight excluding hydrogens is 194 g/mol. The normalized spacial score (nSPS) is 23.9. The lowest BCUT2D eigenvalue weighted by Gasteiger charge is -2.52. The van der Waals surface area contributed by atoms with Gasteiger partial charge in [-0.1, -0.05) is 0 Å². The molecule has 0 saturated carbocycles. The minimum atomic E-state index is -0.833. The molecule has 4 nitrogen and oxygen atoms in total. The van der Waals surface area contributed by atoms with Crippen molar-refractivity contribution >= 4 is 5.97 Å². The van der Waals surface area contributed by atoms with E-state index in [0.29, 0.717) is 5.06 Å². The molecule has 0 bridgehead atoms. The summed E-state index contributed by atoms with van der Waals surface area (Å²) in [5, 5.41) is 19.6. The van der Waals surface area contributed by atoms with Gasteiger partial charge in [0.2, 0.25) is 0 Å². The van der Waals surface area contributed by atoms with E-state index in [1.165, 1.54) is 6.42 Å². The van der Waals surface area contributed by atoms with Crippen molar-refractivity contribution in [2.45, 2.75) is 65.0 Å². The Kier molecular flexibility index (Phi) is 4.74. The van der Waals surface area contributed by atoms with Crippen LogP contribution >= 0.6 is 0 Å². The van der Waals surface area contributed by atoms with E-state index in [1.54, 1.807) is 0 Å². The standard InChI is InChI=1S/C9H19NO.C2H4O2/c1-8(2)6-5-7-9(3,4)10(8)11;1-2(3)4/h10H,5-7H2,1-4H3;1H3,(H,3,4). The summed E-state index contributed by atoms with van der Waals surface area (Å²) in [5.74, 6) is -0.833. The molecule has 0 unspecified atom stereocenters. The van der Waals surface area contributed by atoms with Crippen LogP contribution in [0, 0.1) is 5.21 Å². The van der Waals surface area contributed by atoms with Gasteiger partial charge in [-0.05, 0) is 34.1 Å². The highest BCUT2D eigenvalue weighted by Gasteiger charge is 2.40. The highest BCUT2D eigenvalue weighted by molar-refractivity contribution is 5.62. The van der Waals surface area contributed by atoms with Crippen molar-refractivity contribution in [3.8, 4) is 0 Å². The van der Waals surface area contributed by atoms with Gasteiger partial charge in [0.05, 0.1) is 11.1 Å². The smallest absolute Gasteiger partial charge is 0.300 e. The van der Waals surface area contributed by atoms with Crippen molar-refractivity contribution in [1.29, 1.82) is 0 Å². The molecule has 1 aliphatic heterocycles. The molecule has 2 N–H and O–H groups in total. The summed E-state index contributed by atoms with van der Waals surface area (Å²) in [6.07, 6.45) is 3.33. The Hall–Kier alpha value is -0.610. The molecule has 0 radical (unpaired) electrons. The van der Waals surface area contributed by atoms with Gasteiger partial charge < -0.3 is 15.4 Å². The maximum atomic E-state index is 11.8. The average Bonchev–Trinajstić information content (AvgIpc) is 1.98. The zero-order valence-electron chi connectivity index (χ0n) is 10.4. The second-order valence-electron chi connectivity index (χ2n) is 5.47.